The van der Waals surface area contributed by atoms with Gasteiger partial charge in [-0.25, -0.2) is 9.97 Å². The predicted octanol–water partition coefficient (Wildman–Crippen LogP) is 0.336. The first-order chi connectivity index (χ1) is 8.45. The van der Waals surface area contributed by atoms with Gasteiger partial charge in [0.25, 0.3) is 5.91 Å². The van der Waals surface area contributed by atoms with Crippen molar-refractivity contribution in [3.8, 4) is 0 Å². The fraction of sp³-hybridized carbons (Fsp3) is 0.545. The van der Waals surface area contributed by atoms with Gasteiger partial charge in [0.2, 0.25) is 0 Å². The van der Waals surface area contributed by atoms with Crippen LogP contribution in [0.2, 0.25) is 5.02 Å². The Morgan fingerprint density at radius 1 is 1.56 bits per heavy atom. The minimum atomic E-state index is -1.00. The maximum atomic E-state index is 11.8. The smallest absolute Gasteiger partial charge is 0.271 e. The van der Waals surface area contributed by atoms with Gasteiger partial charge >= 0.3 is 0 Å². The Balaban J connectivity index is 2.81. The van der Waals surface area contributed by atoms with E-state index >= 15 is 0 Å². The molecule has 3 N–H and O–H groups in total. The molecule has 18 heavy (non-hydrogen) atoms. The van der Waals surface area contributed by atoms with E-state index in [9.17, 15) is 4.79 Å². The van der Waals surface area contributed by atoms with E-state index in [1.165, 1.54) is 6.20 Å². The van der Waals surface area contributed by atoms with Crippen LogP contribution in [0.25, 0.3) is 0 Å². The molecule has 0 radical (unpaired) electrons. The highest BCUT2D eigenvalue weighted by Gasteiger charge is 2.16. The summed E-state index contributed by atoms with van der Waals surface area (Å²) in [4.78, 5) is 19.9. The lowest BCUT2D eigenvalue weighted by molar-refractivity contribution is 0.0798. The average Bonchev–Trinajstić information content (AvgIpc) is 2.35. The van der Waals surface area contributed by atoms with Crippen molar-refractivity contribution >= 4 is 17.5 Å². The summed E-state index contributed by atoms with van der Waals surface area (Å²) >= 11 is 5.85. The number of hydrogen-bond donors (Lipinski definition) is 3. The van der Waals surface area contributed by atoms with Crippen molar-refractivity contribution in [1.82, 2.24) is 15.3 Å². The Bertz CT molecular complexity index is 426. The zero-order valence-electron chi connectivity index (χ0n) is 10.2. The number of carbonyl (C=O) groups is 1. The summed E-state index contributed by atoms with van der Waals surface area (Å²) in [7, 11) is 0. The van der Waals surface area contributed by atoms with Crippen LogP contribution in [-0.4, -0.2) is 45.3 Å². The van der Waals surface area contributed by atoms with Gasteiger partial charge < -0.3 is 15.5 Å². The van der Waals surface area contributed by atoms with Crippen LogP contribution in [0.1, 0.15) is 36.1 Å². The Labute approximate surface area is 110 Å². The van der Waals surface area contributed by atoms with Gasteiger partial charge in [0.15, 0.2) is 0 Å². The Morgan fingerprint density at radius 3 is 2.78 bits per heavy atom. The summed E-state index contributed by atoms with van der Waals surface area (Å²) in [6, 6.07) is 0. The normalized spacial score (nSPS) is 12.6. The van der Waals surface area contributed by atoms with Gasteiger partial charge in [0.05, 0.1) is 23.9 Å². The Hall–Kier alpha value is -1.24. The third-order valence-corrected chi connectivity index (χ3v) is 2.48. The molecule has 0 bridgehead atoms. The first-order valence-electron chi connectivity index (χ1n) is 5.55. The summed E-state index contributed by atoms with van der Waals surface area (Å²) in [5, 5.41) is 20.4. The topological polar surface area (TPSA) is 95.3 Å². The van der Waals surface area contributed by atoms with E-state index in [1.54, 1.807) is 0 Å². The predicted molar refractivity (Wildman–Crippen MR) is 66.6 cm³/mol. The molecule has 0 aliphatic carbocycles. The lowest BCUT2D eigenvalue weighted by Crippen LogP contribution is -2.34. The molecule has 0 aliphatic heterocycles. The molecule has 1 amide bonds. The van der Waals surface area contributed by atoms with Crippen molar-refractivity contribution < 1.29 is 15.0 Å². The van der Waals surface area contributed by atoms with Gasteiger partial charge in [-0.15, -0.1) is 0 Å². The molecule has 1 rings (SSSR count). The molecule has 1 atom stereocenters. The minimum Gasteiger partial charge on any atom is -0.394 e. The van der Waals surface area contributed by atoms with E-state index in [-0.39, 0.29) is 23.2 Å². The number of nitrogens with zero attached hydrogens (tertiary/aromatic N) is 2. The van der Waals surface area contributed by atoms with Crippen LogP contribution < -0.4 is 5.32 Å². The molecule has 0 saturated heterocycles. The van der Waals surface area contributed by atoms with Gasteiger partial charge in [0.1, 0.15) is 11.5 Å². The SMILES string of the molecule is CC(C)c1ncc(Cl)c(C(=O)NCC(O)CO)n1. The van der Waals surface area contributed by atoms with Crippen LogP contribution in [0, 0.1) is 0 Å². The molecule has 1 heterocycles. The number of hydrogen-bond acceptors (Lipinski definition) is 5. The van der Waals surface area contributed by atoms with Gasteiger partial charge in [0, 0.05) is 12.5 Å². The molecule has 0 spiro atoms. The van der Waals surface area contributed by atoms with Crippen molar-refractivity contribution in [2.75, 3.05) is 13.2 Å². The standard InChI is InChI=1S/C11H16ClN3O3/c1-6(2)10-13-4-8(12)9(15-10)11(18)14-3-7(17)5-16/h4,6-7,16-17H,3,5H2,1-2H3,(H,14,18). The fourth-order valence-electron chi connectivity index (χ4n) is 1.18. The molecule has 0 saturated carbocycles. The van der Waals surface area contributed by atoms with Crippen LogP contribution in [0.15, 0.2) is 6.20 Å². The van der Waals surface area contributed by atoms with E-state index in [4.69, 9.17) is 21.8 Å². The average molecular weight is 274 g/mol. The third kappa shape index (κ3) is 3.90. The molecular formula is C11H16ClN3O3. The zero-order valence-corrected chi connectivity index (χ0v) is 11.0. The van der Waals surface area contributed by atoms with Gasteiger partial charge in [-0.2, -0.15) is 0 Å². The second kappa shape index (κ2) is 6.63. The number of nitrogens with one attached hydrogen (secondary N) is 1. The molecule has 0 fully saturated rings. The first kappa shape index (κ1) is 14.8. The van der Waals surface area contributed by atoms with Crippen LogP contribution in [0.5, 0.6) is 0 Å². The van der Waals surface area contributed by atoms with E-state index in [0.29, 0.717) is 5.82 Å². The summed E-state index contributed by atoms with van der Waals surface area (Å²) in [6.07, 6.45) is 0.375. The third-order valence-electron chi connectivity index (χ3n) is 2.20. The molecule has 7 heteroatoms. The van der Waals surface area contributed by atoms with E-state index in [1.807, 2.05) is 13.8 Å². The molecule has 1 aromatic heterocycles. The fourth-order valence-corrected chi connectivity index (χ4v) is 1.35. The van der Waals surface area contributed by atoms with Crippen LogP contribution in [-0.2, 0) is 0 Å². The molecule has 1 aromatic rings. The number of carbonyl (C=O) groups excluding carboxylic acids is 1. The van der Waals surface area contributed by atoms with Gasteiger partial charge in [-0.1, -0.05) is 25.4 Å². The van der Waals surface area contributed by atoms with Crippen molar-refractivity contribution in [2.24, 2.45) is 0 Å². The second-order valence-corrected chi connectivity index (χ2v) is 4.53. The first-order valence-corrected chi connectivity index (χ1v) is 5.93. The number of aliphatic hydroxyl groups is 2. The maximum absolute atomic E-state index is 11.8. The number of aromatic nitrogens is 2. The van der Waals surface area contributed by atoms with Crippen molar-refractivity contribution in [3.05, 3.63) is 22.7 Å². The molecule has 100 valence electrons. The Morgan fingerprint density at radius 2 is 2.22 bits per heavy atom. The number of aliphatic hydroxyl groups excluding tert-OH is 2. The highest BCUT2D eigenvalue weighted by Crippen LogP contribution is 2.16. The van der Waals surface area contributed by atoms with E-state index in [2.05, 4.69) is 15.3 Å². The molecule has 1 unspecified atom stereocenters. The second-order valence-electron chi connectivity index (χ2n) is 4.13. The van der Waals surface area contributed by atoms with E-state index in [0.717, 1.165) is 0 Å². The van der Waals surface area contributed by atoms with Crippen molar-refractivity contribution in [1.29, 1.82) is 0 Å². The maximum Gasteiger partial charge on any atom is 0.271 e. The quantitative estimate of drug-likeness (QED) is 0.719. The van der Waals surface area contributed by atoms with Crippen LogP contribution in [0.4, 0.5) is 0 Å². The lowest BCUT2D eigenvalue weighted by Gasteiger charge is -2.10. The zero-order chi connectivity index (χ0) is 13.7. The van der Waals surface area contributed by atoms with Crippen LogP contribution in [0.3, 0.4) is 0 Å². The number of amides is 1. The van der Waals surface area contributed by atoms with Crippen molar-refractivity contribution in [2.45, 2.75) is 25.9 Å². The highest BCUT2D eigenvalue weighted by molar-refractivity contribution is 6.33. The minimum absolute atomic E-state index is 0.0628. The number of halogens is 1. The monoisotopic (exact) mass is 273 g/mol. The van der Waals surface area contributed by atoms with E-state index < -0.39 is 18.6 Å². The van der Waals surface area contributed by atoms with Crippen molar-refractivity contribution in [3.63, 3.8) is 0 Å². The molecular weight excluding hydrogens is 258 g/mol. The lowest BCUT2D eigenvalue weighted by atomic mass is 10.2. The molecule has 0 aliphatic rings. The van der Waals surface area contributed by atoms with Crippen LogP contribution >= 0.6 is 11.6 Å². The highest BCUT2D eigenvalue weighted by atomic mass is 35.5. The molecule has 0 aromatic carbocycles. The summed E-state index contributed by atoms with van der Waals surface area (Å²) in [5.41, 5.74) is 0.0699. The van der Waals surface area contributed by atoms with Gasteiger partial charge in [-0.05, 0) is 0 Å². The summed E-state index contributed by atoms with van der Waals surface area (Å²) in [5.74, 6) is 0.0981. The summed E-state index contributed by atoms with van der Waals surface area (Å²) in [6.45, 7) is 3.32. The van der Waals surface area contributed by atoms with Gasteiger partial charge in [-0.3, -0.25) is 4.79 Å². The summed E-state index contributed by atoms with van der Waals surface area (Å²) < 4.78 is 0. The Kier molecular flexibility index (Phi) is 5.46. The largest absolute Gasteiger partial charge is 0.394 e. The molecule has 6 nitrogen and oxygen atoms in total. The number of rotatable bonds is 5.